The first-order valence-corrected chi connectivity index (χ1v) is 5.11. The third-order valence-corrected chi connectivity index (χ3v) is 2.64. The van der Waals surface area contributed by atoms with Gasteiger partial charge in [0, 0.05) is 6.54 Å². The van der Waals surface area contributed by atoms with Gasteiger partial charge in [0.1, 0.15) is 0 Å². The topological polar surface area (TPSA) is 49.8 Å². The van der Waals surface area contributed by atoms with Crippen molar-refractivity contribution in [2.75, 3.05) is 26.7 Å². The fourth-order valence-corrected chi connectivity index (χ4v) is 1.89. The van der Waals surface area contributed by atoms with Gasteiger partial charge in [-0.25, -0.2) is 0 Å². The quantitative estimate of drug-likeness (QED) is 0.665. The van der Waals surface area contributed by atoms with E-state index < -0.39 is 0 Å². The van der Waals surface area contributed by atoms with Crippen LogP contribution in [0.1, 0.15) is 19.8 Å². The number of piperidine rings is 1. The molecule has 0 aliphatic carbocycles. The number of rotatable bonds is 3. The zero-order chi connectivity index (χ0) is 10.6. The molecule has 1 aliphatic heterocycles. The third-order valence-electron chi connectivity index (χ3n) is 2.64. The molecule has 0 aromatic heterocycles. The van der Waals surface area contributed by atoms with Crippen LogP contribution in [0.25, 0.3) is 0 Å². The van der Waals surface area contributed by atoms with E-state index >= 15 is 0 Å². The molecular weight excluding hydrogens is 182 g/mol. The fourth-order valence-electron chi connectivity index (χ4n) is 1.89. The van der Waals surface area contributed by atoms with E-state index in [1.807, 2.05) is 0 Å². The van der Waals surface area contributed by atoms with Gasteiger partial charge >= 0.3 is 5.97 Å². The number of hydrogen-bond acceptors (Lipinski definition) is 4. The summed E-state index contributed by atoms with van der Waals surface area (Å²) in [5, 5.41) is 9.19. The highest BCUT2D eigenvalue weighted by Crippen LogP contribution is 2.18. The monoisotopic (exact) mass is 201 g/mol. The Kier molecular flexibility index (Phi) is 4.35. The number of hydrogen-bond donors (Lipinski definition) is 1. The molecule has 0 aromatic rings. The lowest BCUT2D eigenvalue weighted by Crippen LogP contribution is -2.40. The maximum atomic E-state index is 11.2. The first kappa shape index (κ1) is 11.5. The number of aliphatic hydroxyl groups excluding tert-OH is 1. The maximum absolute atomic E-state index is 11.2. The van der Waals surface area contributed by atoms with Gasteiger partial charge in [-0.05, 0) is 32.9 Å². The molecule has 14 heavy (non-hydrogen) atoms. The van der Waals surface area contributed by atoms with E-state index in [4.69, 9.17) is 4.74 Å². The smallest absolute Gasteiger partial charge is 0.308 e. The molecule has 0 amide bonds. The number of nitrogens with zero attached hydrogens (tertiary/aromatic N) is 1. The van der Waals surface area contributed by atoms with Crippen molar-refractivity contribution >= 4 is 5.97 Å². The van der Waals surface area contributed by atoms with Crippen molar-refractivity contribution in [1.29, 1.82) is 0 Å². The van der Waals surface area contributed by atoms with Crippen molar-refractivity contribution < 1.29 is 14.6 Å². The van der Waals surface area contributed by atoms with Crippen LogP contribution in [-0.2, 0) is 9.53 Å². The standard InChI is InChI=1S/C10H19NO3/c1-8(12)7-11-5-3-9(4-6-11)10(13)14-2/h8-9,12H,3-7H2,1-2H3/t8-/m0/s1. The Labute approximate surface area is 84.8 Å². The zero-order valence-corrected chi connectivity index (χ0v) is 8.90. The first-order chi connectivity index (χ1) is 6.63. The van der Waals surface area contributed by atoms with Crippen LogP contribution >= 0.6 is 0 Å². The SMILES string of the molecule is COC(=O)C1CCN(C[C@H](C)O)CC1. The number of β-amino-alcohol motifs (C(OH)–C–C–N with tert-alkyl or cyclic N) is 1. The highest BCUT2D eigenvalue weighted by atomic mass is 16.5. The van der Waals surface area contributed by atoms with Gasteiger partial charge in [-0.3, -0.25) is 4.79 Å². The summed E-state index contributed by atoms with van der Waals surface area (Å²) in [6, 6.07) is 0. The van der Waals surface area contributed by atoms with Crippen LogP contribution in [0, 0.1) is 5.92 Å². The Bertz CT molecular complexity index is 186. The first-order valence-electron chi connectivity index (χ1n) is 5.11. The number of methoxy groups -OCH3 is 1. The lowest BCUT2D eigenvalue weighted by molar-refractivity contribution is -0.147. The van der Waals surface area contributed by atoms with E-state index in [0.717, 1.165) is 25.9 Å². The molecule has 0 radical (unpaired) electrons. The Hall–Kier alpha value is -0.610. The van der Waals surface area contributed by atoms with Gasteiger partial charge in [0.2, 0.25) is 0 Å². The molecule has 1 aliphatic rings. The normalized spacial score (nSPS) is 21.9. The Morgan fingerprint density at radius 2 is 2.14 bits per heavy atom. The molecular formula is C10H19NO3. The summed E-state index contributed by atoms with van der Waals surface area (Å²) in [5.74, 6) is -0.0352. The van der Waals surface area contributed by atoms with Crippen molar-refractivity contribution in [3.63, 3.8) is 0 Å². The van der Waals surface area contributed by atoms with Crippen molar-refractivity contribution in [3.05, 3.63) is 0 Å². The second-order valence-corrected chi connectivity index (χ2v) is 3.95. The number of carbonyl (C=O) groups is 1. The summed E-state index contributed by atoms with van der Waals surface area (Å²) in [6.07, 6.45) is 1.41. The van der Waals surface area contributed by atoms with Crippen LogP contribution in [-0.4, -0.2) is 48.8 Å². The van der Waals surface area contributed by atoms with E-state index in [1.54, 1.807) is 6.92 Å². The second kappa shape index (κ2) is 5.32. The minimum Gasteiger partial charge on any atom is -0.469 e. The largest absolute Gasteiger partial charge is 0.469 e. The highest BCUT2D eigenvalue weighted by Gasteiger charge is 2.25. The lowest BCUT2D eigenvalue weighted by Gasteiger charge is -2.31. The summed E-state index contributed by atoms with van der Waals surface area (Å²) in [7, 11) is 1.44. The average Bonchev–Trinajstić information content (AvgIpc) is 2.17. The summed E-state index contributed by atoms with van der Waals surface area (Å²) in [6.45, 7) is 4.25. The predicted molar refractivity (Wildman–Crippen MR) is 52.9 cm³/mol. The van der Waals surface area contributed by atoms with Crippen LogP contribution in [0.2, 0.25) is 0 Å². The second-order valence-electron chi connectivity index (χ2n) is 3.95. The van der Waals surface area contributed by atoms with Crippen LogP contribution in [0.3, 0.4) is 0 Å². The van der Waals surface area contributed by atoms with E-state index in [0.29, 0.717) is 6.54 Å². The molecule has 0 spiro atoms. The molecule has 1 heterocycles. The highest BCUT2D eigenvalue weighted by molar-refractivity contribution is 5.72. The number of aliphatic hydroxyl groups is 1. The molecule has 0 unspecified atom stereocenters. The average molecular weight is 201 g/mol. The number of ether oxygens (including phenoxy) is 1. The van der Waals surface area contributed by atoms with Gasteiger partial charge in [0.15, 0.2) is 0 Å². The van der Waals surface area contributed by atoms with Crippen molar-refractivity contribution in [2.24, 2.45) is 5.92 Å². The van der Waals surface area contributed by atoms with Crippen LogP contribution in [0.5, 0.6) is 0 Å². The third kappa shape index (κ3) is 3.27. The van der Waals surface area contributed by atoms with Crippen LogP contribution in [0.4, 0.5) is 0 Å². The van der Waals surface area contributed by atoms with Gasteiger partial charge < -0.3 is 14.7 Å². The summed E-state index contributed by atoms with van der Waals surface area (Å²) >= 11 is 0. The van der Waals surface area contributed by atoms with E-state index in [-0.39, 0.29) is 18.0 Å². The van der Waals surface area contributed by atoms with E-state index in [2.05, 4.69) is 4.90 Å². The van der Waals surface area contributed by atoms with Gasteiger partial charge in [0.25, 0.3) is 0 Å². The van der Waals surface area contributed by atoms with E-state index in [9.17, 15) is 9.90 Å². The molecule has 1 rings (SSSR count). The summed E-state index contributed by atoms with van der Waals surface area (Å²) in [5.41, 5.74) is 0. The molecule has 0 saturated carbocycles. The van der Waals surface area contributed by atoms with Crippen LogP contribution < -0.4 is 0 Å². The Balaban J connectivity index is 2.27. The van der Waals surface area contributed by atoms with Gasteiger partial charge in [-0.15, -0.1) is 0 Å². The molecule has 0 aromatic carbocycles. The Morgan fingerprint density at radius 1 is 1.57 bits per heavy atom. The lowest BCUT2D eigenvalue weighted by atomic mass is 9.97. The Morgan fingerprint density at radius 3 is 2.57 bits per heavy atom. The van der Waals surface area contributed by atoms with Crippen LogP contribution in [0.15, 0.2) is 0 Å². The molecule has 4 heteroatoms. The number of likely N-dealkylation sites (tertiary alicyclic amines) is 1. The molecule has 1 N–H and O–H groups in total. The molecule has 82 valence electrons. The summed E-state index contributed by atoms with van der Waals surface area (Å²) in [4.78, 5) is 13.4. The van der Waals surface area contributed by atoms with Gasteiger partial charge in [-0.2, -0.15) is 0 Å². The van der Waals surface area contributed by atoms with Gasteiger partial charge in [-0.1, -0.05) is 0 Å². The maximum Gasteiger partial charge on any atom is 0.308 e. The van der Waals surface area contributed by atoms with Gasteiger partial charge in [0.05, 0.1) is 19.1 Å². The molecule has 1 fully saturated rings. The molecule has 1 saturated heterocycles. The zero-order valence-electron chi connectivity index (χ0n) is 8.90. The fraction of sp³-hybridized carbons (Fsp3) is 0.900. The summed E-state index contributed by atoms with van der Waals surface area (Å²) < 4.78 is 4.70. The minimum atomic E-state index is -0.287. The number of carbonyl (C=O) groups excluding carboxylic acids is 1. The molecule has 1 atom stereocenters. The van der Waals surface area contributed by atoms with Crippen molar-refractivity contribution in [2.45, 2.75) is 25.9 Å². The van der Waals surface area contributed by atoms with Crippen molar-refractivity contribution in [1.82, 2.24) is 4.90 Å². The van der Waals surface area contributed by atoms with Crippen molar-refractivity contribution in [3.8, 4) is 0 Å². The minimum absolute atomic E-state index is 0.0604. The van der Waals surface area contributed by atoms with E-state index in [1.165, 1.54) is 7.11 Å². The molecule has 0 bridgehead atoms. The predicted octanol–water partition coefficient (Wildman–Crippen LogP) is 0.252. The number of esters is 1. The molecule has 4 nitrogen and oxygen atoms in total.